The van der Waals surface area contributed by atoms with Gasteiger partial charge in [0.25, 0.3) is 5.91 Å². The summed E-state index contributed by atoms with van der Waals surface area (Å²) in [5, 5.41) is 8.66. The number of carbonyl (C=O) groups excluding carboxylic acids is 1. The second-order valence-corrected chi connectivity index (χ2v) is 7.99. The first-order valence-corrected chi connectivity index (χ1v) is 9.30. The van der Waals surface area contributed by atoms with Crippen molar-refractivity contribution in [1.82, 2.24) is 4.90 Å². The molecule has 1 heterocycles. The number of amides is 1. The van der Waals surface area contributed by atoms with Crippen molar-refractivity contribution in [2.45, 2.75) is 32.3 Å². The van der Waals surface area contributed by atoms with E-state index in [-0.39, 0.29) is 17.4 Å². The number of aliphatic carboxylic acids is 1. The molecule has 0 unspecified atom stereocenters. The molecule has 0 spiro atoms. The van der Waals surface area contributed by atoms with Crippen molar-refractivity contribution >= 4 is 18.0 Å². The maximum Gasteiger partial charge on any atom is 0.328 e. The van der Waals surface area contributed by atoms with Gasteiger partial charge in [0.2, 0.25) is 0 Å². The highest BCUT2D eigenvalue weighted by atomic mass is 16.5. The maximum absolute atomic E-state index is 12.6. The molecule has 28 heavy (non-hydrogen) atoms. The van der Waals surface area contributed by atoms with Crippen LogP contribution in [0, 0.1) is 0 Å². The Morgan fingerprint density at radius 1 is 1.07 bits per heavy atom. The average molecular weight is 379 g/mol. The monoisotopic (exact) mass is 379 g/mol. The molecular weight excluding hydrogens is 354 g/mol. The van der Waals surface area contributed by atoms with Gasteiger partial charge < -0.3 is 14.7 Å². The highest BCUT2D eigenvalue weighted by molar-refractivity contribution is 5.95. The minimum Gasteiger partial charge on any atom is -0.486 e. The molecule has 0 radical (unpaired) electrons. The van der Waals surface area contributed by atoms with Crippen LogP contribution < -0.4 is 4.74 Å². The minimum absolute atomic E-state index is 0.00726. The van der Waals surface area contributed by atoms with Crippen LogP contribution >= 0.6 is 0 Å². The lowest BCUT2D eigenvalue weighted by Crippen LogP contribution is -2.56. The summed E-state index contributed by atoms with van der Waals surface area (Å²) in [6.45, 7) is 7.57. The molecule has 5 heteroatoms. The van der Waals surface area contributed by atoms with Crippen molar-refractivity contribution in [2.75, 3.05) is 13.1 Å². The van der Waals surface area contributed by atoms with Gasteiger partial charge >= 0.3 is 5.97 Å². The molecule has 1 saturated heterocycles. The summed E-state index contributed by atoms with van der Waals surface area (Å²) >= 11 is 0. The van der Waals surface area contributed by atoms with Crippen molar-refractivity contribution in [3.63, 3.8) is 0 Å². The van der Waals surface area contributed by atoms with Crippen molar-refractivity contribution in [1.29, 1.82) is 0 Å². The number of para-hydroxylation sites is 1. The van der Waals surface area contributed by atoms with Gasteiger partial charge in [-0.2, -0.15) is 0 Å². The summed E-state index contributed by atoms with van der Waals surface area (Å²) in [7, 11) is 0. The number of carbonyl (C=O) groups is 2. The number of rotatable bonds is 5. The summed E-state index contributed by atoms with van der Waals surface area (Å²) in [5.74, 6) is -0.167. The van der Waals surface area contributed by atoms with Crippen LogP contribution in [0.3, 0.4) is 0 Å². The quantitative estimate of drug-likeness (QED) is 0.798. The van der Waals surface area contributed by atoms with Gasteiger partial charge in [-0.05, 0) is 40.8 Å². The summed E-state index contributed by atoms with van der Waals surface area (Å²) in [4.78, 5) is 24.9. The zero-order valence-corrected chi connectivity index (χ0v) is 16.4. The van der Waals surface area contributed by atoms with E-state index in [1.54, 1.807) is 29.2 Å². The van der Waals surface area contributed by atoms with E-state index in [2.05, 4.69) is 26.8 Å². The SMILES string of the molecule is CC(C)(C)c1ccccc1OC1CN(C(=O)c2ccc(/C=C/C(=O)O)cc2)C1. The van der Waals surface area contributed by atoms with E-state index in [9.17, 15) is 9.59 Å². The molecule has 1 aliphatic rings. The molecule has 0 aliphatic carbocycles. The molecule has 2 aromatic rings. The largest absolute Gasteiger partial charge is 0.486 e. The molecule has 0 aromatic heterocycles. The van der Waals surface area contributed by atoms with Crippen LogP contribution in [0.15, 0.2) is 54.6 Å². The summed E-state index contributed by atoms with van der Waals surface area (Å²) < 4.78 is 6.14. The Labute approximate surface area is 165 Å². The number of carboxylic acids is 1. The van der Waals surface area contributed by atoms with Crippen LogP contribution in [0.25, 0.3) is 6.08 Å². The van der Waals surface area contributed by atoms with Gasteiger partial charge in [0.15, 0.2) is 0 Å². The van der Waals surface area contributed by atoms with Crippen LogP contribution in [-0.2, 0) is 10.2 Å². The molecule has 1 N–H and O–H groups in total. The Kier molecular flexibility index (Phi) is 5.54. The predicted molar refractivity (Wildman–Crippen MR) is 109 cm³/mol. The van der Waals surface area contributed by atoms with Crippen molar-refractivity contribution in [3.05, 3.63) is 71.3 Å². The van der Waals surface area contributed by atoms with Crippen molar-refractivity contribution in [2.24, 2.45) is 0 Å². The summed E-state index contributed by atoms with van der Waals surface area (Å²) in [6.07, 6.45) is 2.56. The zero-order valence-electron chi connectivity index (χ0n) is 16.4. The average Bonchev–Trinajstić information content (AvgIpc) is 2.62. The predicted octanol–water partition coefficient (Wildman–Crippen LogP) is 3.99. The number of benzene rings is 2. The third kappa shape index (κ3) is 4.60. The molecule has 3 rings (SSSR count). The fraction of sp³-hybridized carbons (Fsp3) is 0.304. The van der Waals surface area contributed by atoms with Gasteiger partial charge in [-0.1, -0.05) is 51.1 Å². The van der Waals surface area contributed by atoms with Crippen LogP contribution in [-0.4, -0.2) is 41.1 Å². The Bertz CT molecular complexity index is 888. The zero-order chi connectivity index (χ0) is 20.3. The number of ether oxygens (including phenoxy) is 1. The lowest BCUT2D eigenvalue weighted by molar-refractivity contribution is -0.131. The fourth-order valence-corrected chi connectivity index (χ4v) is 3.13. The lowest BCUT2D eigenvalue weighted by Gasteiger charge is -2.39. The number of likely N-dealkylation sites (tertiary alicyclic amines) is 1. The normalized spacial score (nSPS) is 14.8. The molecule has 146 valence electrons. The smallest absolute Gasteiger partial charge is 0.328 e. The number of nitrogens with zero attached hydrogens (tertiary/aromatic N) is 1. The lowest BCUT2D eigenvalue weighted by atomic mass is 9.86. The maximum atomic E-state index is 12.6. The Morgan fingerprint density at radius 3 is 2.32 bits per heavy atom. The summed E-state index contributed by atoms with van der Waals surface area (Å²) in [6, 6.07) is 14.9. The number of carboxylic acid groups (broad SMARTS) is 1. The topological polar surface area (TPSA) is 66.8 Å². The third-order valence-electron chi connectivity index (χ3n) is 4.70. The van der Waals surface area contributed by atoms with Gasteiger partial charge in [0.05, 0.1) is 13.1 Å². The van der Waals surface area contributed by atoms with Gasteiger partial charge in [0, 0.05) is 11.6 Å². The van der Waals surface area contributed by atoms with E-state index < -0.39 is 5.97 Å². The minimum atomic E-state index is -1.00. The Morgan fingerprint density at radius 2 is 1.71 bits per heavy atom. The van der Waals surface area contributed by atoms with E-state index in [1.807, 2.05) is 18.2 Å². The fourth-order valence-electron chi connectivity index (χ4n) is 3.13. The first-order valence-electron chi connectivity index (χ1n) is 9.30. The second kappa shape index (κ2) is 7.89. The van der Waals surface area contributed by atoms with E-state index in [1.165, 1.54) is 6.08 Å². The molecular formula is C23H25NO4. The number of hydrogen-bond donors (Lipinski definition) is 1. The molecule has 1 amide bonds. The Balaban J connectivity index is 1.58. The molecule has 5 nitrogen and oxygen atoms in total. The van der Waals surface area contributed by atoms with Crippen LogP contribution in [0.2, 0.25) is 0 Å². The number of hydrogen-bond acceptors (Lipinski definition) is 3. The van der Waals surface area contributed by atoms with Crippen molar-refractivity contribution < 1.29 is 19.4 Å². The van der Waals surface area contributed by atoms with E-state index in [4.69, 9.17) is 9.84 Å². The molecule has 0 atom stereocenters. The van der Waals surface area contributed by atoms with E-state index >= 15 is 0 Å². The van der Waals surface area contributed by atoms with Gasteiger partial charge in [-0.15, -0.1) is 0 Å². The van der Waals surface area contributed by atoms with Gasteiger partial charge in [-0.25, -0.2) is 4.79 Å². The third-order valence-corrected chi connectivity index (χ3v) is 4.70. The molecule has 0 saturated carbocycles. The van der Waals surface area contributed by atoms with Gasteiger partial charge in [-0.3, -0.25) is 4.79 Å². The van der Waals surface area contributed by atoms with Gasteiger partial charge in [0.1, 0.15) is 11.9 Å². The highest BCUT2D eigenvalue weighted by Crippen LogP contribution is 2.32. The van der Waals surface area contributed by atoms with Crippen LogP contribution in [0.5, 0.6) is 5.75 Å². The van der Waals surface area contributed by atoms with E-state index in [0.29, 0.717) is 18.7 Å². The summed E-state index contributed by atoms with van der Waals surface area (Å²) in [5.41, 5.74) is 2.47. The highest BCUT2D eigenvalue weighted by Gasteiger charge is 2.33. The van der Waals surface area contributed by atoms with E-state index in [0.717, 1.165) is 23.0 Å². The first kappa shape index (κ1) is 19.7. The standard InChI is InChI=1S/C23H25NO4/c1-23(2,3)19-6-4-5-7-20(19)28-18-14-24(15-18)22(27)17-11-8-16(9-12-17)10-13-21(25)26/h4-13,18H,14-15H2,1-3H3,(H,25,26)/b13-10+. The van der Waals surface area contributed by atoms with Crippen LogP contribution in [0.1, 0.15) is 42.3 Å². The first-order chi connectivity index (χ1) is 13.2. The van der Waals surface area contributed by atoms with Crippen molar-refractivity contribution in [3.8, 4) is 5.75 Å². The molecule has 2 aromatic carbocycles. The second-order valence-electron chi connectivity index (χ2n) is 7.99. The molecule has 0 bridgehead atoms. The Hall–Kier alpha value is -3.08. The molecule has 1 aliphatic heterocycles. The molecule has 1 fully saturated rings. The van der Waals surface area contributed by atoms with Crippen LogP contribution in [0.4, 0.5) is 0 Å².